The Bertz CT molecular complexity index is 776. The van der Waals surface area contributed by atoms with Gasteiger partial charge in [-0.2, -0.15) is 0 Å². The van der Waals surface area contributed by atoms with Gasteiger partial charge in [0.1, 0.15) is 0 Å². The van der Waals surface area contributed by atoms with Crippen LogP contribution in [-0.4, -0.2) is 44.7 Å². The van der Waals surface area contributed by atoms with Gasteiger partial charge in [0.15, 0.2) is 0 Å². The van der Waals surface area contributed by atoms with E-state index in [0.29, 0.717) is 37.9 Å². The summed E-state index contributed by atoms with van der Waals surface area (Å²) in [6.45, 7) is 4.61. The van der Waals surface area contributed by atoms with E-state index < -0.39 is 11.2 Å². The summed E-state index contributed by atoms with van der Waals surface area (Å²) in [6, 6.07) is 11.3. The highest BCUT2D eigenvalue weighted by Gasteiger charge is 2.35. The van der Waals surface area contributed by atoms with Gasteiger partial charge >= 0.3 is 0 Å². The van der Waals surface area contributed by atoms with Crippen molar-refractivity contribution in [1.82, 2.24) is 9.88 Å². The van der Waals surface area contributed by atoms with Crippen molar-refractivity contribution < 1.29 is 15.0 Å². The number of hydrogen-bond donors (Lipinski definition) is 2. The van der Waals surface area contributed by atoms with E-state index in [1.807, 2.05) is 36.4 Å². The van der Waals surface area contributed by atoms with Crippen LogP contribution in [0.1, 0.15) is 54.6 Å². The number of aliphatic hydroxyl groups is 2. The molecule has 5 heteroatoms. The first-order valence-corrected chi connectivity index (χ1v) is 9.50. The molecule has 27 heavy (non-hydrogen) atoms. The fraction of sp³-hybridized carbons (Fsp3) is 0.455. The van der Waals surface area contributed by atoms with Crippen LogP contribution in [0.5, 0.6) is 0 Å². The molecule has 0 bridgehead atoms. The fourth-order valence-corrected chi connectivity index (χ4v) is 3.50. The molecule has 3 rings (SSSR count). The molecule has 0 radical (unpaired) electrons. The zero-order chi connectivity index (χ0) is 19.5. The number of likely N-dealkylation sites (tertiary alicyclic amines) is 1. The van der Waals surface area contributed by atoms with Crippen LogP contribution in [0.2, 0.25) is 0 Å². The van der Waals surface area contributed by atoms with Crippen molar-refractivity contribution >= 4 is 5.91 Å². The molecule has 144 valence electrons. The minimum absolute atomic E-state index is 0.00616. The van der Waals surface area contributed by atoms with Crippen LogP contribution in [0, 0.1) is 0 Å². The van der Waals surface area contributed by atoms with Crippen LogP contribution in [0.15, 0.2) is 48.8 Å². The van der Waals surface area contributed by atoms with E-state index in [0.717, 1.165) is 17.5 Å². The summed E-state index contributed by atoms with van der Waals surface area (Å²) in [7, 11) is 0. The number of aromatic nitrogens is 1. The molecule has 0 atom stereocenters. The molecule has 5 nitrogen and oxygen atoms in total. The second kappa shape index (κ2) is 7.79. The number of carbonyl (C=O) groups excluding carboxylic acids is 1. The molecule has 1 saturated heterocycles. The minimum atomic E-state index is -0.917. The van der Waals surface area contributed by atoms with E-state index in [4.69, 9.17) is 0 Å². The quantitative estimate of drug-likeness (QED) is 0.851. The molecule has 2 aromatic rings. The first-order valence-electron chi connectivity index (χ1n) is 9.50. The predicted molar refractivity (Wildman–Crippen MR) is 104 cm³/mol. The first kappa shape index (κ1) is 19.5. The third-order valence-corrected chi connectivity index (χ3v) is 5.28. The largest absolute Gasteiger partial charge is 0.390 e. The van der Waals surface area contributed by atoms with Crippen LogP contribution in [0.3, 0.4) is 0 Å². The van der Waals surface area contributed by atoms with Crippen LogP contribution < -0.4 is 0 Å². The summed E-state index contributed by atoms with van der Waals surface area (Å²) in [5.74, 6) is -0.00616. The third kappa shape index (κ3) is 4.93. The molecule has 0 unspecified atom stereocenters. The lowest BCUT2D eigenvalue weighted by atomic mass is 9.85. The van der Waals surface area contributed by atoms with Gasteiger partial charge in [-0.3, -0.25) is 9.78 Å². The Morgan fingerprint density at radius 3 is 2.59 bits per heavy atom. The van der Waals surface area contributed by atoms with Crippen LogP contribution in [-0.2, 0) is 12.0 Å². The number of pyridine rings is 1. The maximum atomic E-state index is 12.9. The van der Waals surface area contributed by atoms with Gasteiger partial charge in [-0.15, -0.1) is 0 Å². The molecule has 2 heterocycles. The number of hydrogen-bond acceptors (Lipinski definition) is 4. The minimum Gasteiger partial charge on any atom is -0.390 e. The zero-order valence-electron chi connectivity index (χ0n) is 16.1. The van der Waals surface area contributed by atoms with Gasteiger partial charge in [-0.25, -0.2) is 0 Å². The van der Waals surface area contributed by atoms with E-state index in [-0.39, 0.29) is 5.91 Å². The molecule has 0 saturated carbocycles. The van der Waals surface area contributed by atoms with Crippen molar-refractivity contribution in [2.24, 2.45) is 0 Å². The molecule has 1 aliphatic heterocycles. The number of amides is 1. The maximum absolute atomic E-state index is 12.9. The Labute approximate surface area is 160 Å². The molecule has 1 aromatic carbocycles. The Morgan fingerprint density at radius 2 is 1.96 bits per heavy atom. The topological polar surface area (TPSA) is 73.7 Å². The van der Waals surface area contributed by atoms with Crippen molar-refractivity contribution in [1.29, 1.82) is 0 Å². The Balaban J connectivity index is 1.64. The van der Waals surface area contributed by atoms with Crippen molar-refractivity contribution in [2.75, 3.05) is 13.1 Å². The normalized spacial score (nSPS) is 17.0. The van der Waals surface area contributed by atoms with Gasteiger partial charge in [-0.05, 0) is 63.3 Å². The van der Waals surface area contributed by atoms with E-state index in [9.17, 15) is 15.0 Å². The molecule has 0 aliphatic carbocycles. The lowest BCUT2D eigenvalue weighted by Crippen LogP contribution is -2.45. The highest BCUT2D eigenvalue weighted by molar-refractivity contribution is 5.94. The average molecular weight is 368 g/mol. The first-order chi connectivity index (χ1) is 12.8. The van der Waals surface area contributed by atoms with Gasteiger partial charge in [0.05, 0.1) is 11.2 Å². The Morgan fingerprint density at radius 1 is 1.22 bits per heavy atom. The predicted octanol–water partition coefficient (Wildman–Crippen LogP) is 2.91. The van der Waals surface area contributed by atoms with Gasteiger partial charge in [0.2, 0.25) is 0 Å². The average Bonchev–Trinajstić information content (AvgIpc) is 2.67. The molecule has 1 aromatic heterocycles. The highest BCUT2D eigenvalue weighted by atomic mass is 16.3. The summed E-state index contributed by atoms with van der Waals surface area (Å²) < 4.78 is 0. The molecular weight excluding hydrogens is 340 g/mol. The van der Waals surface area contributed by atoms with Gasteiger partial charge in [0, 0.05) is 36.6 Å². The Kier molecular flexibility index (Phi) is 5.63. The lowest BCUT2D eigenvalue weighted by Gasteiger charge is -2.38. The van der Waals surface area contributed by atoms with Crippen molar-refractivity contribution in [2.45, 2.75) is 50.7 Å². The van der Waals surface area contributed by atoms with Crippen molar-refractivity contribution in [3.05, 3.63) is 65.5 Å². The lowest BCUT2D eigenvalue weighted by molar-refractivity contribution is -0.0213. The SMILES string of the molecule is CC(C)(O)CCc1cccc(C(=O)N2CCC(O)(c3cccnc3)CC2)c1. The standard InChI is InChI=1S/C22H28N2O3/c1-21(2,26)9-8-17-5-3-6-18(15-17)20(25)24-13-10-22(27,11-14-24)19-7-4-12-23-16-19/h3-7,12,15-16,26-27H,8-11,13-14H2,1-2H3. The van der Waals surface area contributed by atoms with Gasteiger partial charge in [0.25, 0.3) is 5.91 Å². The van der Waals surface area contributed by atoms with E-state index >= 15 is 0 Å². The molecule has 0 spiro atoms. The summed E-state index contributed by atoms with van der Waals surface area (Å²) in [5.41, 5.74) is 0.885. The summed E-state index contributed by atoms with van der Waals surface area (Å²) in [4.78, 5) is 18.8. The number of rotatable bonds is 5. The number of piperidine rings is 1. The van der Waals surface area contributed by atoms with Crippen LogP contribution >= 0.6 is 0 Å². The number of aryl methyl sites for hydroxylation is 1. The number of benzene rings is 1. The number of nitrogens with zero attached hydrogens (tertiary/aromatic N) is 2. The summed E-state index contributed by atoms with van der Waals surface area (Å²) >= 11 is 0. The van der Waals surface area contributed by atoms with E-state index in [1.54, 1.807) is 31.1 Å². The van der Waals surface area contributed by atoms with Crippen LogP contribution in [0.4, 0.5) is 0 Å². The third-order valence-electron chi connectivity index (χ3n) is 5.28. The number of carbonyl (C=O) groups is 1. The zero-order valence-corrected chi connectivity index (χ0v) is 16.1. The molecule has 2 N–H and O–H groups in total. The maximum Gasteiger partial charge on any atom is 0.253 e. The van der Waals surface area contributed by atoms with Crippen molar-refractivity contribution in [3.8, 4) is 0 Å². The van der Waals surface area contributed by atoms with E-state index in [1.165, 1.54) is 0 Å². The summed E-state index contributed by atoms with van der Waals surface area (Å²) in [5, 5.41) is 20.8. The molecule has 1 aliphatic rings. The van der Waals surface area contributed by atoms with E-state index in [2.05, 4.69) is 4.98 Å². The van der Waals surface area contributed by atoms with Gasteiger partial charge < -0.3 is 15.1 Å². The second-order valence-corrected chi connectivity index (χ2v) is 8.08. The molecule has 1 amide bonds. The monoisotopic (exact) mass is 368 g/mol. The van der Waals surface area contributed by atoms with Crippen LogP contribution in [0.25, 0.3) is 0 Å². The highest BCUT2D eigenvalue weighted by Crippen LogP contribution is 2.32. The second-order valence-electron chi connectivity index (χ2n) is 8.08. The Hall–Kier alpha value is -2.24. The summed E-state index contributed by atoms with van der Waals surface area (Å²) in [6.07, 6.45) is 5.77. The fourth-order valence-electron chi connectivity index (χ4n) is 3.50. The molecule has 1 fully saturated rings. The van der Waals surface area contributed by atoms with Crippen molar-refractivity contribution in [3.63, 3.8) is 0 Å². The van der Waals surface area contributed by atoms with Gasteiger partial charge in [-0.1, -0.05) is 18.2 Å². The molecular formula is C22H28N2O3. The smallest absolute Gasteiger partial charge is 0.253 e.